The highest BCUT2D eigenvalue weighted by atomic mass is 16.1. The summed E-state index contributed by atoms with van der Waals surface area (Å²) in [6.45, 7) is 3.93. The van der Waals surface area contributed by atoms with E-state index in [0.717, 1.165) is 38.5 Å². The Kier molecular flexibility index (Phi) is 2.67. The largest absolute Gasteiger partial charge is 0.300 e. The fraction of sp³-hybridized carbons (Fsp3) is 0.667. The van der Waals surface area contributed by atoms with Crippen molar-refractivity contribution in [2.75, 3.05) is 0 Å². The average Bonchev–Trinajstić information content (AvgIpc) is 1.84. The third kappa shape index (κ3) is 2.34. The van der Waals surface area contributed by atoms with Crippen LogP contribution in [0.5, 0.6) is 0 Å². The van der Waals surface area contributed by atoms with Crippen molar-refractivity contribution in [2.24, 2.45) is 0 Å². The molecule has 0 amide bonds. The molecule has 10 heavy (non-hydrogen) atoms. The second kappa shape index (κ2) is 3.55. The molecule has 0 unspecified atom stereocenters. The minimum absolute atomic E-state index is 0.438. The van der Waals surface area contributed by atoms with E-state index in [2.05, 4.69) is 6.58 Å². The van der Waals surface area contributed by atoms with E-state index in [1.807, 2.05) is 0 Å². The van der Waals surface area contributed by atoms with Crippen LogP contribution in [0.2, 0.25) is 0 Å². The van der Waals surface area contributed by atoms with Crippen LogP contribution < -0.4 is 0 Å². The highest BCUT2D eigenvalue weighted by Crippen LogP contribution is 2.17. The monoisotopic (exact) mass is 138 g/mol. The first-order valence-electron chi connectivity index (χ1n) is 3.97. The Morgan fingerprint density at radius 1 is 1.00 bits per heavy atom. The van der Waals surface area contributed by atoms with E-state index in [9.17, 15) is 4.79 Å². The van der Waals surface area contributed by atoms with Crippen LogP contribution in [0.1, 0.15) is 38.5 Å². The summed E-state index contributed by atoms with van der Waals surface area (Å²) in [6, 6.07) is 0. The van der Waals surface area contributed by atoms with Crippen LogP contribution in [0.15, 0.2) is 12.2 Å². The van der Waals surface area contributed by atoms with E-state index in [1.165, 1.54) is 5.57 Å². The summed E-state index contributed by atoms with van der Waals surface area (Å²) in [7, 11) is 0. The van der Waals surface area contributed by atoms with E-state index in [0.29, 0.717) is 5.78 Å². The van der Waals surface area contributed by atoms with Crippen LogP contribution in [-0.2, 0) is 4.79 Å². The highest BCUT2D eigenvalue weighted by molar-refractivity contribution is 5.78. The Labute approximate surface area is 62.1 Å². The van der Waals surface area contributed by atoms with Gasteiger partial charge in [0.05, 0.1) is 0 Å². The first-order chi connectivity index (χ1) is 4.79. The molecule has 0 spiro atoms. The Balaban J connectivity index is 2.34. The molecule has 0 heterocycles. The molecule has 0 saturated heterocycles. The summed E-state index contributed by atoms with van der Waals surface area (Å²) in [4.78, 5) is 10.9. The lowest BCUT2D eigenvalue weighted by Crippen LogP contribution is -2.01. The third-order valence-corrected chi connectivity index (χ3v) is 1.97. The summed E-state index contributed by atoms with van der Waals surface area (Å²) in [5.74, 6) is 0.438. The van der Waals surface area contributed by atoms with Crippen LogP contribution in [0.25, 0.3) is 0 Å². The van der Waals surface area contributed by atoms with Gasteiger partial charge in [-0.1, -0.05) is 12.2 Å². The van der Waals surface area contributed by atoms with E-state index in [-0.39, 0.29) is 0 Å². The van der Waals surface area contributed by atoms with E-state index >= 15 is 0 Å². The summed E-state index contributed by atoms with van der Waals surface area (Å²) >= 11 is 0. The van der Waals surface area contributed by atoms with Crippen LogP contribution in [0.3, 0.4) is 0 Å². The van der Waals surface area contributed by atoms with Crippen LogP contribution >= 0.6 is 0 Å². The van der Waals surface area contributed by atoms with Crippen LogP contribution in [-0.4, -0.2) is 5.78 Å². The number of carbonyl (C=O) groups excluding carboxylic acids is 1. The number of Topliss-reactive ketones (excluding diaryl/α,β-unsaturated/α-hetero) is 1. The summed E-state index contributed by atoms with van der Waals surface area (Å²) in [5.41, 5.74) is 1.33. The van der Waals surface area contributed by atoms with Gasteiger partial charge in [0.25, 0.3) is 0 Å². The van der Waals surface area contributed by atoms with Gasteiger partial charge in [-0.3, -0.25) is 4.79 Å². The molecule has 0 aromatic rings. The molecule has 1 nitrogen and oxygen atoms in total. The number of allylic oxidation sites excluding steroid dienone is 1. The van der Waals surface area contributed by atoms with Crippen molar-refractivity contribution < 1.29 is 4.79 Å². The topological polar surface area (TPSA) is 17.1 Å². The SMILES string of the molecule is C=C1CCCC(=O)CCC1. The first kappa shape index (κ1) is 7.52. The molecule has 56 valence electrons. The second-order valence-corrected chi connectivity index (χ2v) is 3.00. The third-order valence-electron chi connectivity index (χ3n) is 1.97. The molecule has 1 heteroatoms. The van der Waals surface area contributed by atoms with Gasteiger partial charge in [-0.2, -0.15) is 0 Å². The summed E-state index contributed by atoms with van der Waals surface area (Å²) < 4.78 is 0. The molecule has 0 N–H and O–H groups in total. The maximum Gasteiger partial charge on any atom is 0.132 e. The summed E-state index contributed by atoms with van der Waals surface area (Å²) in [5, 5.41) is 0. The number of hydrogen-bond acceptors (Lipinski definition) is 1. The van der Waals surface area contributed by atoms with Gasteiger partial charge in [0.1, 0.15) is 5.78 Å². The van der Waals surface area contributed by atoms with Gasteiger partial charge in [-0.25, -0.2) is 0 Å². The van der Waals surface area contributed by atoms with Crippen molar-refractivity contribution in [1.82, 2.24) is 0 Å². The van der Waals surface area contributed by atoms with Crippen LogP contribution in [0, 0.1) is 0 Å². The Morgan fingerprint density at radius 2 is 1.50 bits per heavy atom. The van der Waals surface area contributed by atoms with Gasteiger partial charge in [-0.05, 0) is 25.7 Å². The van der Waals surface area contributed by atoms with Gasteiger partial charge in [0, 0.05) is 12.8 Å². The van der Waals surface area contributed by atoms with Crippen molar-refractivity contribution >= 4 is 5.78 Å². The lowest BCUT2D eigenvalue weighted by molar-refractivity contribution is -0.119. The minimum atomic E-state index is 0.438. The molecule has 0 aromatic carbocycles. The fourth-order valence-electron chi connectivity index (χ4n) is 1.32. The van der Waals surface area contributed by atoms with Gasteiger partial charge in [-0.15, -0.1) is 0 Å². The highest BCUT2D eigenvalue weighted by Gasteiger charge is 2.06. The number of ketones is 1. The molecule has 0 bridgehead atoms. The lowest BCUT2D eigenvalue weighted by Gasteiger charge is -2.08. The average molecular weight is 138 g/mol. The summed E-state index contributed by atoms with van der Waals surface area (Å²) in [6.07, 6.45) is 5.73. The molecular formula is C9H14O. The lowest BCUT2D eigenvalue weighted by atomic mass is 9.97. The van der Waals surface area contributed by atoms with E-state index in [1.54, 1.807) is 0 Å². The van der Waals surface area contributed by atoms with Crippen molar-refractivity contribution in [3.8, 4) is 0 Å². The predicted molar refractivity (Wildman–Crippen MR) is 41.8 cm³/mol. The van der Waals surface area contributed by atoms with Gasteiger partial charge < -0.3 is 0 Å². The molecular weight excluding hydrogens is 124 g/mol. The molecule has 1 fully saturated rings. The zero-order chi connectivity index (χ0) is 7.40. The molecule has 1 aliphatic carbocycles. The molecule has 0 radical (unpaired) electrons. The molecule has 0 aliphatic heterocycles. The van der Waals surface area contributed by atoms with Crippen molar-refractivity contribution in [2.45, 2.75) is 38.5 Å². The minimum Gasteiger partial charge on any atom is -0.300 e. The number of hydrogen-bond donors (Lipinski definition) is 0. The Morgan fingerprint density at radius 3 is 2.00 bits per heavy atom. The van der Waals surface area contributed by atoms with Crippen molar-refractivity contribution in [3.63, 3.8) is 0 Å². The predicted octanol–water partition coefficient (Wildman–Crippen LogP) is 2.47. The van der Waals surface area contributed by atoms with Gasteiger partial charge in [0.2, 0.25) is 0 Å². The van der Waals surface area contributed by atoms with Gasteiger partial charge in [0.15, 0.2) is 0 Å². The Bertz CT molecular complexity index is 117. The normalized spacial score (nSPS) is 22.0. The quantitative estimate of drug-likeness (QED) is 0.470. The molecule has 0 atom stereocenters. The maximum atomic E-state index is 10.9. The van der Waals surface area contributed by atoms with E-state index in [4.69, 9.17) is 0 Å². The van der Waals surface area contributed by atoms with Crippen LogP contribution in [0.4, 0.5) is 0 Å². The number of carbonyl (C=O) groups is 1. The zero-order valence-electron chi connectivity index (χ0n) is 6.36. The maximum absolute atomic E-state index is 10.9. The fourth-order valence-corrected chi connectivity index (χ4v) is 1.32. The molecule has 1 saturated carbocycles. The standard InChI is InChI=1S/C9H14O/c1-8-4-2-6-9(10)7-3-5-8/h1-7H2. The smallest absolute Gasteiger partial charge is 0.132 e. The molecule has 1 aliphatic rings. The van der Waals surface area contributed by atoms with Crippen molar-refractivity contribution in [1.29, 1.82) is 0 Å². The van der Waals surface area contributed by atoms with Crippen molar-refractivity contribution in [3.05, 3.63) is 12.2 Å². The Hall–Kier alpha value is -0.590. The molecule has 1 rings (SSSR count). The zero-order valence-corrected chi connectivity index (χ0v) is 6.36. The first-order valence-corrected chi connectivity index (χ1v) is 3.97. The van der Waals surface area contributed by atoms with E-state index < -0.39 is 0 Å². The second-order valence-electron chi connectivity index (χ2n) is 3.00. The molecule has 0 aromatic heterocycles. The van der Waals surface area contributed by atoms with Gasteiger partial charge >= 0.3 is 0 Å². The number of rotatable bonds is 0.